The monoisotopic (exact) mass is 320 g/mol. The summed E-state index contributed by atoms with van der Waals surface area (Å²) in [5, 5.41) is 6.39. The van der Waals surface area contributed by atoms with Crippen molar-refractivity contribution in [2.45, 2.75) is 25.8 Å². The van der Waals surface area contributed by atoms with Crippen LogP contribution < -0.4 is 4.74 Å². The smallest absolute Gasteiger partial charge is 0.240 e. The first-order valence-electron chi connectivity index (χ1n) is 8.29. The second-order valence-corrected chi connectivity index (χ2v) is 6.37. The summed E-state index contributed by atoms with van der Waals surface area (Å²) in [5.41, 5.74) is 4.56. The minimum atomic E-state index is -0.0183. The van der Waals surface area contributed by atoms with Gasteiger partial charge < -0.3 is 4.74 Å². The van der Waals surface area contributed by atoms with E-state index in [4.69, 9.17) is 9.84 Å². The molecule has 4 heteroatoms. The third-order valence-corrected chi connectivity index (χ3v) is 4.99. The number of amides is 1. The summed E-state index contributed by atoms with van der Waals surface area (Å²) in [5.74, 6) is 1.04. The topological polar surface area (TPSA) is 41.9 Å². The first-order valence-corrected chi connectivity index (χ1v) is 8.29. The van der Waals surface area contributed by atoms with E-state index in [1.54, 1.807) is 19.0 Å². The Bertz CT molecular complexity index is 814. The van der Waals surface area contributed by atoms with Gasteiger partial charge in [-0.2, -0.15) is 5.10 Å². The van der Waals surface area contributed by atoms with Gasteiger partial charge in [-0.1, -0.05) is 36.4 Å². The van der Waals surface area contributed by atoms with E-state index >= 15 is 0 Å². The lowest BCUT2D eigenvalue weighted by Gasteiger charge is -2.29. The molecular weight excluding hydrogens is 300 g/mol. The van der Waals surface area contributed by atoms with Crippen LogP contribution in [0.4, 0.5) is 0 Å². The number of aryl methyl sites for hydroxylation is 1. The van der Waals surface area contributed by atoms with Gasteiger partial charge >= 0.3 is 0 Å². The average Bonchev–Trinajstić information content (AvgIpc) is 3.02. The fourth-order valence-corrected chi connectivity index (χ4v) is 3.86. The average molecular weight is 320 g/mol. The fourth-order valence-electron chi connectivity index (χ4n) is 3.86. The number of nitrogens with zero attached hydrogens (tertiary/aromatic N) is 2. The van der Waals surface area contributed by atoms with Gasteiger partial charge in [-0.15, -0.1) is 0 Å². The highest BCUT2D eigenvalue weighted by molar-refractivity contribution is 6.07. The summed E-state index contributed by atoms with van der Waals surface area (Å²) >= 11 is 0. The molecule has 0 spiro atoms. The number of ether oxygens (including phenoxy) is 1. The number of methoxy groups -OCH3 is 1. The Balaban J connectivity index is 1.81. The number of hydrogen-bond donors (Lipinski definition) is 0. The molecule has 0 N–H and O–H groups in total. The van der Waals surface area contributed by atoms with E-state index in [1.165, 1.54) is 5.56 Å². The van der Waals surface area contributed by atoms with Gasteiger partial charge in [0.05, 0.1) is 18.9 Å². The van der Waals surface area contributed by atoms with Gasteiger partial charge in [-0.25, -0.2) is 5.01 Å². The van der Waals surface area contributed by atoms with Crippen LogP contribution in [0.2, 0.25) is 0 Å². The van der Waals surface area contributed by atoms with Gasteiger partial charge in [-0.3, -0.25) is 4.79 Å². The molecule has 2 aliphatic rings. The van der Waals surface area contributed by atoms with Crippen molar-refractivity contribution in [3.05, 3.63) is 65.2 Å². The minimum absolute atomic E-state index is 0.0157. The number of benzene rings is 2. The number of fused-ring (bicyclic) bond motifs is 3. The lowest BCUT2D eigenvalue weighted by atomic mass is 9.77. The van der Waals surface area contributed by atoms with Crippen LogP contribution in [0.15, 0.2) is 53.6 Å². The third kappa shape index (κ3) is 2.30. The molecule has 4 rings (SSSR count). The molecule has 0 saturated heterocycles. The SMILES string of the molecule is COc1ccc2c(c1)C1=NN(C(C)=O)[C@H](c3ccccc3)[C@H]1CC2. The second-order valence-electron chi connectivity index (χ2n) is 6.37. The van der Waals surface area contributed by atoms with Gasteiger partial charge in [0, 0.05) is 18.4 Å². The van der Waals surface area contributed by atoms with Crippen LogP contribution in [-0.2, 0) is 11.2 Å². The summed E-state index contributed by atoms with van der Waals surface area (Å²) in [7, 11) is 1.67. The lowest BCUT2D eigenvalue weighted by Crippen LogP contribution is -2.31. The van der Waals surface area contributed by atoms with Gasteiger partial charge in [-0.05, 0) is 36.1 Å². The Labute approximate surface area is 141 Å². The Kier molecular flexibility index (Phi) is 3.60. The molecule has 2 aromatic rings. The van der Waals surface area contributed by atoms with Crippen molar-refractivity contribution in [3.63, 3.8) is 0 Å². The van der Waals surface area contributed by atoms with Crippen LogP contribution in [0, 0.1) is 5.92 Å². The molecule has 1 aliphatic heterocycles. The largest absolute Gasteiger partial charge is 0.497 e. The van der Waals surface area contributed by atoms with Crippen LogP contribution in [0.25, 0.3) is 0 Å². The highest BCUT2D eigenvalue weighted by Crippen LogP contribution is 2.43. The van der Waals surface area contributed by atoms with E-state index < -0.39 is 0 Å². The quantitative estimate of drug-likeness (QED) is 0.849. The summed E-state index contributed by atoms with van der Waals surface area (Å²) in [6, 6.07) is 16.3. The Morgan fingerprint density at radius 2 is 2.00 bits per heavy atom. The number of hydrazone groups is 1. The molecule has 4 nitrogen and oxygen atoms in total. The van der Waals surface area contributed by atoms with Crippen molar-refractivity contribution in [2.24, 2.45) is 11.0 Å². The van der Waals surface area contributed by atoms with E-state index in [-0.39, 0.29) is 17.9 Å². The number of carbonyl (C=O) groups is 1. The van der Waals surface area contributed by atoms with Crippen molar-refractivity contribution in [1.82, 2.24) is 5.01 Å². The van der Waals surface area contributed by atoms with Crippen molar-refractivity contribution >= 4 is 11.6 Å². The van der Waals surface area contributed by atoms with Gasteiger partial charge in [0.1, 0.15) is 5.75 Å². The molecule has 2 atom stereocenters. The van der Waals surface area contributed by atoms with Gasteiger partial charge in [0.2, 0.25) is 5.91 Å². The van der Waals surface area contributed by atoms with E-state index in [9.17, 15) is 4.79 Å². The standard InChI is InChI=1S/C20H20N2O2/c1-13(23)22-20(15-6-4-3-5-7-15)17-11-9-14-8-10-16(24-2)12-18(14)19(17)21-22/h3-8,10,12,17,20H,9,11H2,1-2H3/t17-,20+/m0/s1. The Morgan fingerprint density at radius 1 is 1.21 bits per heavy atom. The Hall–Kier alpha value is -2.62. The summed E-state index contributed by atoms with van der Waals surface area (Å²) in [6.07, 6.45) is 2.00. The summed E-state index contributed by atoms with van der Waals surface area (Å²) in [6.45, 7) is 1.59. The third-order valence-electron chi connectivity index (χ3n) is 4.99. The van der Waals surface area contributed by atoms with E-state index in [0.717, 1.165) is 35.4 Å². The van der Waals surface area contributed by atoms with Crippen molar-refractivity contribution in [3.8, 4) is 5.75 Å². The van der Waals surface area contributed by atoms with E-state index in [0.29, 0.717) is 0 Å². The first kappa shape index (κ1) is 14.9. The molecule has 2 aromatic carbocycles. The van der Waals surface area contributed by atoms with Crippen molar-refractivity contribution < 1.29 is 9.53 Å². The molecule has 0 unspecified atom stereocenters. The molecule has 0 radical (unpaired) electrons. The van der Waals surface area contributed by atoms with Crippen molar-refractivity contribution in [1.29, 1.82) is 0 Å². The number of hydrogen-bond acceptors (Lipinski definition) is 3. The highest BCUT2D eigenvalue weighted by Gasteiger charge is 2.42. The summed E-state index contributed by atoms with van der Waals surface area (Å²) < 4.78 is 5.38. The number of rotatable bonds is 2. The molecule has 1 amide bonds. The molecule has 122 valence electrons. The highest BCUT2D eigenvalue weighted by atomic mass is 16.5. The summed E-state index contributed by atoms with van der Waals surface area (Å²) in [4.78, 5) is 12.2. The normalized spacial score (nSPS) is 21.8. The maximum absolute atomic E-state index is 12.2. The van der Waals surface area contributed by atoms with E-state index in [2.05, 4.69) is 18.2 Å². The maximum atomic E-state index is 12.2. The maximum Gasteiger partial charge on any atom is 0.240 e. The van der Waals surface area contributed by atoms with Crippen LogP contribution in [0.1, 0.15) is 36.1 Å². The van der Waals surface area contributed by atoms with E-state index in [1.807, 2.05) is 30.3 Å². The van der Waals surface area contributed by atoms with Crippen LogP contribution in [0.5, 0.6) is 5.75 Å². The zero-order chi connectivity index (χ0) is 16.7. The molecule has 24 heavy (non-hydrogen) atoms. The lowest BCUT2D eigenvalue weighted by molar-refractivity contribution is -0.131. The predicted molar refractivity (Wildman–Crippen MR) is 93.0 cm³/mol. The zero-order valence-corrected chi connectivity index (χ0v) is 13.9. The molecule has 0 aromatic heterocycles. The van der Waals surface area contributed by atoms with Gasteiger partial charge in [0.25, 0.3) is 0 Å². The fraction of sp³-hybridized carbons (Fsp3) is 0.300. The van der Waals surface area contributed by atoms with Crippen molar-refractivity contribution in [2.75, 3.05) is 7.11 Å². The van der Waals surface area contributed by atoms with Crippen LogP contribution in [0.3, 0.4) is 0 Å². The molecular formula is C20H20N2O2. The van der Waals surface area contributed by atoms with Crippen LogP contribution >= 0.6 is 0 Å². The molecule has 1 aliphatic carbocycles. The first-order chi connectivity index (χ1) is 11.7. The minimum Gasteiger partial charge on any atom is -0.497 e. The van der Waals surface area contributed by atoms with Gasteiger partial charge in [0.15, 0.2) is 0 Å². The molecule has 0 fully saturated rings. The molecule has 0 bridgehead atoms. The zero-order valence-electron chi connectivity index (χ0n) is 13.9. The number of carbonyl (C=O) groups excluding carboxylic acids is 1. The second kappa shape index (κ2) is 5.78. The Morgan fingerprint density at radius 3 is 2.71 bits per heavy atom. The predicted octanol–water partition coefficient (Wildman–Crippen LogP) is 3.57. The molecule has 1 heterocycles. The van der Waals surface area contributed by atoms with Crippen LogP contribution in [-0.4, -0.2) is 23.7 Å². The molecule has 0 saturated carbocycles.